The van der Waals surface area contributed by atoms with Crippen molar-refractivity contribution in [2.45, 2.75) is 12.5 Å². The molecule has 0 aliphatic carbocycles. The molecular weight excluding hydrogens is 312 g/mol. The van der Waals surface area contributed by atoms with Gasteiger partial charge in [-0.25, -0.2) is 4.79 Å². The number of methoxy groups -OCH3 is 1. The van der Waals surface area contributed by atoms with Crippen molar-refractivity contribution in [2.75, 3.05) is 33.9 Å². The van der Waals surface area contributed by atoms with Crippen molar-refractivity contribution in [1.29, 1.82) is 0 Å². The van der Waals surface area contributed by atoms with Crippen molar-refractivity contribution >= 4 is 11.9 Å². The van der Waals surface area contributed by atoms with Gasteiger partial charge in [0, 0.05) is 7.05 Å². The Morgan fingerprint density at radius 2 is 2.12 bits per heavy atom. The number of aliphatic hydroxyl groups excluding tert-OH is 1. The number of hydrogen-bond donors (Lipinski definition) is 1. The predicted octanol–water partition coefficient (Wildman–Crippen LogP) is 1.06. The molecule has 7 heteroatoms. The fourth-order valence-corrected chi connectivity index (χ4v) is 2.42. The maximum Gasteiger partial charge on any atom is 0.327 e. The van der Waals surface area contributed by atoms with E-state index in [1.807, 2.05) is 12.1 Å². The number of rotatable bonds is 8. The summed E-state index contributed by atoms with van der Waals surface area (Å²) in [6.07, 6.45) is 1.52. The second-order valence-corrected chi connectivity index (χ2v) is 5.59. The van der Waals surface area contributed by atoms with Crippen LogP contribution < -0.4 is 9.47 Å². The minimum atomic E-state index is -0.984. The van der Waals surface area contributed by atoms with E-state index in [1.54, 1.807) is 19.2 Å². The van der Waals surface area contributed by atoms with Crippen molar-refractivity contribution in [1.82, 2.24) is 9.80 Å². The molecule has 3 amide bonds. The second kappa shape index (κ2) is 7.83. The normalized spacial score (nSPS) is 15.6. The number of likely N-dealkylation sites (N-methyl/N-ethyl adjacent to an activating group) is 1. The van der Waals surface area contributed by atoms with Gasteiger partial charge in [0.25, 0.3) is 0 Å². The first-order valence-corrected chi connectivity index (χ1v) is 7.60. The Balaban J connectivity index is 1.94. The monoisotopic (exact) mass is 334 g/mol. The standard InChI is InChI=1S/C17H22N2O5/c1-4-5-12-6-7-14(15(8-12)23-3)24-11-13(20)9-19-16(21)10-18(2)17(19)22/h4,6-8,13,20H,1,5,9-11H2,2-3H3/t13-/m0/s1. The largest absolute Gasteiger partial charge is 0.493 e. The van der Waals surface area contributed by atoms with Gasteiger partial charge in [0.15, 0.2) is 11.5 Å². The van der Waals surface area contributed by atoms with Crippen LogP contribution in [0.4, 0.5) is 4.79 Å². The lowest BCUT2D eigenvalue weighted by Gasteiger charge is -2.19. The number of benzene rings is 1. The molecule has 0 bridgehead atoms. The van der Waals surface area contributed by atoms with Crippen LogP contribution in [-0.2, 0) is 11.2 Å². The maximum absolute atomic E-state index is 11.8. The molecule has 0 unspecified atom stereocenters. The maximum atomic E-state index is 11.8. The number of nitrogens with zero attached hydrogens (tertiary/aromatic N) is 2. The van der Waals surface area contributed by atoms with Gasteiger partial charge in [-0.1, -0.05) is 12.1 Å². The topological polar surface area (TPSA) is 79.3 Å². The third-order valence-electron chi connectivity index (χ3n) is 3.66. The molecule has 0 spiro atoms. The number of β-amino-alcohol motifs (C(OH)–C–C–N with tert-alkyl or cyclic N) is 1. The van der Waals surface area contributed by atoms with Gasteiger partial charge in [0.1, 0.15) is 19.3 Å². The van der Waals surface area contributed by atoms with Gasteiger partial charge in [0.2, 0.25) is 5.91 Å². The Bertz CT molecular complexity index is 631. The molecule has 1 aromatic rings. The Kier molecular flexibility index (Phi) is 5.81. The molecule has 1 fully saturated rings. The Hall–Kier alpha value is -2.54. The average Bonchev–Trinajstić information content (AvgIpc) is 2.80. The Morgan fingerprint density at radius 3 is 2.71 bits per heavy atom. The highest BCUT2D eigenvalue weighted by molar-refractivity contribution is 6.01. The molecule has 7 nitrogen and oxygen atoms in total. The van der Waals surface area contributed by atoms with E-state index < -0.39 is 12.1 Å². The zero-order valence-electron chi connectivity index (χ0n) is 13.9. The van der Waals surface area contributed by atoms with Crippen molar-refractivity contribution < 1.29 is 24.2 Å². The molecule has 0 aromatic heterocycles. The van der Waals surface area contributed by atoms with E-state index in [0.29, 0.717) is 17.9 Å². The molecule has 0 saturated carbocycles. The van der Waals surface area contributed by atoms with Crippen LogP contribution in [0.25, 0.3) is 0 Å². The van der Waals surface area contributed by atoms with Gasteiger partial charge < -0.3 is 19.5 Å². The summed E-state index contributed by atoms with van der Waals surface area (Å²) < 4.78 is 10.8. The minimum absolute atomic E-state index is 0.0327. The lowest BCUT2D eigenvalue weighted by Crippen LogP contribution is -2.40. The van der Waals surface area contributed by atoms with E-state index in [2.05, 4.69) is 6.58 Å². The zero-order chi connectivity index (χ0) is 17.7. The van der Waals surface area contributed by atoms with Crippen LogP contribution in [0.5, 0.6) is 11.5 Å². The van der Waals surface area contributed by atoms with Crippen molar-refractivity contribution in [3.8, 4) is 11.5 Å². The van der Waals surface area contributed by atoms with E-state index >= 15 is 0 Å². The van der Waals surface area contributed by atoms with E-state index in [1.165, 1.54) is 12.0 Å². The summed E-state index contributed by atoms with van der Waals surface area (Å²) in [5, 5.41) is 10.1. The average molecular weight is 334 g/mol. The molecular formula is C17H22N2O5. The van der Waals surface area contributed by atoms with Crippen LogP contribution in [0.3, 0.4) is 0 Å². The summed E-state index contributed by atoms with van der Waals surface area (Å²) in [6, 6.07) is 5.07. The van der Waals surface area contributed by atoms with Crippen LogP contribution in [0.2, 0.25) is 0 Å². The summed E-state index contributed by atoms with van der Waals surface area (Å²) in [5.74, 6) is 0.711. The molecule has 1 N–H and O–H groups in total. The van der Waals surface area contributed by atoms with E-state index in [-0.39, 0.29) is 25.6 Å². The quantitative estimate of drug-likeness (QED) is 0.568. The van der Waals surface area contributed by atoms with Gasteiger partial charge in [0.05, 0.1) is 13.7 Å². The third-order valence-corrected chi connectivity index (χ3v) is 3.66. The molecule has 2 rings (SSSR count). The number of carbonyl (C=O) groups excluding carboxylic acids is 2. The fourth-order valence-electron chi connectivity index (χ4n) is 2.42. The number of imide groups is 1. The van der Waals surface area contributed by atoms with Crippen LogP contribution in [0.15, 0.2) is 30.9 Å². The number of urea groups is 1. The van der Waals surface area contributed by atoms with Crippen LogP contribution >= 0.6 is 0 Å². The SMILES string of the molecule is C=CCc1ccc(OC[C@@H](O)CN2C(=O)CN(C)C2=O)c(OC)c1. The van der Waals surface area contributed by atoms with E-state index in [0.717, 1.165) is 10.5 Å². The number of allylic oxidation sites excluding steroid dienone is 1. The Morgan fingerprint density at radius 1 is 1.38 bits per heavy atom. The summed E-state index contributed by atoms with van der Waals surface area (Å²) in [6.45, 7) is 3.57. The number of amides is 3. The Labute approximate surface area is 141 Å². The predicted molar refractivity (Wildman–Crippen MR) is 88.1 cm³/mol. The van der Waals surface area contributed by atoms with E-state index in [9.17, 15) is 14.7 Å². The zero-order valence-corrected chi connectivity index (χ0v) is 13.9. The molecule has 1 aromatic carbocycles. The number of carbonyl (C=O) groups is 2. The van der Waals surface area contributed by atoms with Crippen LogP contribution in [-0.4, -0.2) is 66.8 Å². The summed E-state index contributed by atoms with van der Waals surface area (Å²) in [7, 11) is 3.08. The lowest BCUT2D eigenvalue weighted by atomic mass is 10.1. The number of ether oxygens (including phenoxy) is 2. The molecule has 1 atom stereocenters. The lowest BCUT2D eigenvalue weighted by molar-refractivity contribution is -0.126. The highest BCUT2D eigenvalue weighted by Crippen LogP contribution is 2.28. The second-order valence-electron chi connectivity index (χ2n) is 5.59. The smallest absolute Gasteiger partial charge is 0.327 e. The van der Waals surface area contributed by atoms with Gasteiger partial charge in [-0.2, -0.15) is 0 Å². The summed E-state index contributed by atoms with van der Waals surface area (Å²) >= 11 is 0. The van der Waals surface area contributed by atoms with Crippen molar-refractivity contribution in [3.05, 3.63) is 36.4 Å². The summed E-state index contributed by atoms with van der Waals surface area (Å²) in [4.78, 5) is 25.8. The van der Waals surface area contributed by atoms with Crippen LogP contribution in [0.1, 0.15) is 5.56 Å². The van der Waals surface area contributed by atoms with Gasteiger partial charge in [-0.05, 0) is 24.1 Å². The first-order chi connectivity index (χ1) is 11.5. The molecule has 130 valence electrons. The highest BCUT2D eigenvalue weighted by Gasteiger charge is 2.34. The van der Waals surface area contributed by atoms with Gasteiger partial charge in [-0.15, -0.1) is 6.58 Å². The third kappa shape index (κ3) is 4.05. The highest BCUT2D eigenvalue weighted by atomic mass is 16.5. The van der Waals surface area contributed by atoms with Crippen molar-refractivity contribution in [2.24, 2.45) is 0 Å². The molecule has 24 heavy (non-hydrogen) atoms. The molecule has 1 saturated heterocycles. The first kappa shape index (κ1) is 17.8. The van der Waals surface area contributed by atoms with Crippen LogP contribution in [0, 0.1) is 0 Å². The minimum Gasteiger partial charge on any atom is -0.493 e. The molecule has 1 aliphatic rings. The van der Waals surface area contributed by atoms with Crippen molar-refractivity contribution in [3.63, 3.8) is 0 Å². The summed E-state index contributed by atoms with van der Waals surface area (Å²) in [5.41, 5.74) is 1.03. The fraction of sp³-hybridized carbons (Fsp3) is 0.412. The number of aliphatic hydroxyl groups is 1. The van der Waals surface area contributed by atoms with Gasteiger partial charge in [-0.3, -0.25) is 9.69 Å². The van der Waals surface area contributed by atoms with Gasteiger partial charge >= 0.3 is 6.03 Å². The molecule has 0 radical (unpaired) electrons. The number of hydrogen-bond acceptors (Lipinski definition) is 5. The molecule has 1 aliphatic heterocycles. The first-order valence-electron chi connectivity index (χ1n) is 7.60. The van der Waals surface area contributed by atoms with E-state index in [4.69, 9.17) is 9.47 Å². The molecule has 1 heterocycles.